The van der Waals surface area contributed by atoms with E-state index in [-0.39, 0.29) is 24.0 Å². The van der Waals surface area contributed by atoms with Gasteiger partial charge in [0.15, 0.2) is 5.96 Å². The number of halogens is 1. The minimum Gasteiger partial charge on any atom is -0.352 e. The van der Waals surface area contributed by atoms with Crippen LogP contribution in [0.4, 0.5) is 0 Å². The molecule has 1 aliphatic heterocycles. The fourth-order valence-corrected chi connectivity index (χ4v) is 3.80. The molecule has 0 radical (unpaired) electrons. The van der Waals surface area contributed by atoms with Crippen molar-refractivity contribution in [2.45, 2.75) is 25.9 Å². The highest BCUT2D eigenvalue weighted by molar-refractivity contribution is 14.0. The summed E-state index contributed by atoms with van der Waals surface area (Å²) in [5.41, 5.74) is 2.28. The third-order valence-corrected chi connectivity index (χ3v) is 5.49. The molecule has 2 unspecified atom stereocenters. The van der Waals surface area contributed by atoms with Crippen molar-refractivity contribution in [1.29, 1.82) is 0 Å². The smallest absolute Gasteiger partial charge is 0.193 e. The van der Waals surface area contributed by atoms with Gasteiger partial charge in [-0.1, -0.05) is 19.1 Å². The fraction of sp³-hybridized carbons (Fsp3) is 0.381. The normalized spacial score (nSPS) is 19.7. The third-order valence-electron chi connectivity index (χ3n) is 5.49. The highest BCUT2D eigenvalue weighted by atomic mass is 127. The van der Waals surface area contributed by atoms with Crippen molar-refractivity contribution in [2.75, 3.05) is 20.1 Å². The van der Waals surface area contributed by atoms with Gasteiger partial charge in [-0.3, -0.25) is 4.99 Å². The standard InChI is InChI=1S/C21H27N7.HI/c1-17-8-12-26(15-20(17)27-13-10-23-16-27)21(22-2)24-14-18-4-6-19(7-5-18)28-11-3-9-25-28;/h3-7,9-11,13,16-17,20H,8,12,14-15H2,1-2H3,(H,22,24);1H. The molecule has 1 aromatic carbocycles. The van der Waals surface area contributed by atoms with Crippen molar-refractivity contribution >= 4 is 29.9 Å². The fourth-order valence-electron chi connectivity index (χ4n) is 3.80. The average molecular weight is 505 g/mol. The molecule has 0 saturated carbocycles. The molecular weight excluding hydrogens is 477 g/mol. The highest BCUT2D eigenvalue weighted by Gasteiger charge is 2.28. The zero-order valence-electron chi connectivity index (χ0n) is 16.8. The SMILES string of the molecule is CN=C(NCc1ccc(-n2cccn2)cc1)N1CCC(C)C(n2ccnc2)C1.I. The van der Waals surface area contributed by atoms with Gasteiger partial charge in [0.05, 0.1) is 18.1 Å². The number of nitrogens with one attached hydrogen (secondary N) is 1. The van der Waals surface area contributed by atoms with Crippen LogP contribution in [0.5, 0.6) is 0 Å². The second kappa shape index (κ2) is 9.91. The first kappa shape index (κ1) is 21.4. The predicted molar refractivity (Wildman–Crippen MR) is 126 cm³/mol. The molecule has 0 aliphatic carbocycles. The maximum Gasteiger partial charge on any atom is 0.193 e. The minimum absolute atomic E-state index is 0. The molecule has 29 heavy (non-hydrogen) atoms. The van der Waals surface area contributed by atoms with E-state index in [1.807, 2.05) is 36.5 Å². The largest absolute Gasteiger partial charge is 0.352 e. The Bertz CT molecular complexity index is 888. The number of aromatic nitrogens is 4. The third kappa shape index (κ3) is 4.98. The summed E-state index contributed by atoms with van der Waals surface area (Å²) in [6.45, 7) is 5.02. The van der Waals surface area contributed by atoms with Crippen LogP contribution in [0.15, 0.2) is 66.4 Å². The highest BCUT2D eigenvalue weighted by Crippen LogP contribution is 2.27. The summed E-state index contributed by atoms with van der Waals surface area (Å²) >= 11 is 0. The van der Waals surface area contributed by atoms with Crippen LogP contribution in [0.2, 0.25) is 0 Å². The number of hydrogen-bond donors (Lipinski definition) is 1. The van der Waals surface area contributed by atoms with Gasteiger partial charge in [0, 0.05) is 51.5 Å². The number of likely N-dealkylation sites (tertiary alicyclic amines) is 1. The number of rotatable bonds is 4. The summed E-state index contributed by atoms with van der Waals surface area (Å²) in [5, 5.41) is 7.79. The van der Waals surface area contributed by atoms with Crippen LogP contribution in [0.1, 0.15) is 24.9 Å². The van der Waals surface area contributed by atoms with Gasteiger partial charge in [-0.15, -0.1) is 24.0 Å². The molecule has 0 amide bonds. The number of guanidine groups is 1. The first-order valence-corrected chi connectivity index (χ1v) is 9.76. The Hall–Kier alpha value is -2.36. The van der Waals surface area contributed by atoms with Crippen LogP contribution in [-0.2, 0) is 6.54 Å². The maximum atomic E-state index is 4.52. The topological polar surface area (TPSA) is 63.3 Å². The zero-order valence-corrected chi connectivity index (χ0v) is 19.2. The van der Waals surface area contributed by atoms with Crippen LogP contribution in [-0.4, -0.2) is 50.3 Å². The van der Waals surface area contributed by atoms with Crippen LogP contribution in [0.3, 0.4) is 0 Å². The van der Waals surface area contributed by atoms with Crippen LogP contribution < -0.4 is 5.32 Å². The van der Waals surface area contributed by atoms with E-state index in [9.17, 15) is 0 Å². The molecule has 1 saturated heterocycles. The van der Waals surface area contributed by atoms with Crippen molar-refractivity contribution in [1.82, 2.24) is 29.5 Å². The van der Waals surface area contributed by atoms with Gasteiger partial charge >= 0.3 is 0 Å². The molecule has 7 nitrogen and oxygen atoms in total. The number of benzene rings is 1. The molecule has 1 N–H and O–H groups in total. The Morgan fingerprint density at radius 1 is 1.21 bits per heavy atom. The summed E-state index contributed by atoms with van der Waals surface area (Å²) in [7, 11) is 1.85. The minimum atomic E-state index is 0. The van der Waals surface area contributed by atoms with Gasteiger partial charge in [-0.2, -0.15) is 5.10 Å². The molecule has 0 bridgehead atoms. The summed E-state index contributed by atoms with van der Waals surface area (Å²) in [5.74, 6) is 1.58. The first-order chi connectivity index (χ1) is 13.7. The van der Waals surface area contributed by atoms with Gasteiger partial charge in [0.1, 0.15) is 0 Å². The summed E-state index contributed by atoms with van der Waals surface area (Å²) in [6, 6.07) is 10.8. The second-order valence-electron chi connectivity index (χ2n) is 7.31. The molecule has 1 aliphatic rings. The predicted octanol–water partition coefficient (Wildman–Crippen LogP) is 3.35. The molecule has 3 aromatic rings. The molecule has 8 heteroatoms. The number of imidazole rings is 1. The lowest BCUT2D eigenvalue weighted by Gasteiger charge is -2.39. The van der Waals surface area contributed by atoms with Gasteiger partial charge < -0.3 is 14.8 Å². The molecule has 3 heterocycles. The molecule has 1 fully saturated rings. The first-order valence-electron chi connectivity index (χ1n) is 9.76. The lowest BCUT2D eigenvalue weighted by atomic mass is 9.93. The molecular formula is C21H28IN7. The molecule has 2 atom stereocenters. The monoisotopic (exact) mass is 505 g/mol. The lowest BCUT2D eigenvalue weighted by Crippen LogP contribution is -2.48. The molecule has 2 aromatic heterocycles. The van der Waals surface area contributed by atoms with E-state index in [0.29, 0.717) is 12.0 Å². The number of nitrogens with zero attached hydrogens (tertiary/aromatic N) is 6. The number of piperidine rings is 1. The lowest BCUT2D eigenvalue weighted by molar-refractivity contribution is 0.189. The Morgan fingerprint density at radius 3 is 2.69 bits per heavy atom. The summed E-state index contributed by atoms with van der Waals surface area (Å²) in [6.07, 6.45) is 10.7. The zero-order chi connectivity index (χ0) is 19.3. The van der Waals surface area contributed by atoms with E-state index in [4.69, 9.17) is 0 Å². The number of aliphatic imine (C=N–C) groups is 1. The van der Waals surface area contributed by atoms with E-state index < -0.39 is 0 Å². The number of hydrogen-bond acceptors (Lipinski definition) is 3. The van der Waals surface area contributed by atoms with Crippen LogP contribution in [0, 0.1) is 5.92 Å². The van der Waals surface area contributed by atoms with E-state index in [1.165, 1.54) is 5.56 Å². The van der Waals surface area contributed by atoms with E-state index in [0.717, 1.165) is 37.7 Å². The Kier molecular flexibility index (Phi) is 7.29. The quantitative estimate of drug-likeness (QED) is 0.336. The second-order valence-corrected chi connectivity index (χ2v) is 7.31. The van der Waals surface area contributed by atoms with Crippen molar-refractivity contribution in [2.24, 2.45) is 10.9 Å². The van der Waals surface area contributed by atoms with E-state index >= 15 is 0 Å². The van der Waals surface area contributed by atoms with Crippen molar-refractivity contribution < 1.29 is 0 Å². The Morgan fingerprint density at radius 2 is 2.03 bits per heavy atom. The molecule has 4 rings (SSSR count). The summed E-state index contributed by atoms with van der Waals surface area (Å²) < 4.78 is 4.08. The average Bonchev–Trinajstić information content (AvgIpc) is 3.44. The Balaban J connectivity index is 0.00000240. The van der Waals surface area contributed by atoms with E-state index in [2.05, 4.69) is 67.2 Å². The van der Waals surface area contributed by atoms with Crippen molar-refractivity contribution in [3.05, 3.63) is 67.0 Å². The van der Waals surface area contributed by atoms with Crippen LogP contribution in [0.25, 0.3) is 5.69 Å². The summed E-state index contributed by atoms with van der Waals surface area (Å²) in [4.78, 5) is 11.1. The maximum absolute atomic E-state index is 4.52. The van der Waals surface area contributed by atoms with Crippen LogP contribution >= 0.6 is 24.0 Å². The van der Waals surface area contributed by atoms with E-state index in [1.54, 1.807) is 6.20 Å². The molecule has 154 valence electrons. The van der Waals surface area contributed by atoms with Gasteiger partial charge in [0.2, 0.25) is 0 Å². The van der Waals surface area contributed by atoms with Gasteiger partial charge in [-0.25, -0.2) is 9.67 Å². The molecule has 0 spiro atoms. The van der Waals surface area contributed by atoms with Crippen molar-refractivity contribution in [3.63, 3.8) is 0 Å². The Labute approximate surface area is 188 Å². The van der Waals surface area contributed by atoms with Crippen molar-refractivity contribution in [3.8, 4) is 5.69 Å². The van der Waals surface area contributed by atoms with Gasteiger partial charge in [-0.05, 0) is 36.1 Å². The van der Waals surface area contributed by atoms with Gasteiger partial charge in [0.25, 0.3) is 0 Å².